The molecule has 0 N–H and O–H groups in total. The van der Waals surface area contributed by atoms with Crippen LogP contribution in [-0.4, -0.2) is 24.1 Å². The minimum atomic E-state index is -0.288. The van der Waals surface area contributed by atoms with E-state index in [2.05, 4.69) is 37.3 Å². The van der Waals surface area contributed by atoms with Crippen LogP contribution < -0.4 is 4.74 Å². The van der Waals surface area contributed by atoms with E-state index < -0.39 is 0 Å². The number of rotatable bonds is 3. The number of likely N-dealkylation sites (tertiary alicyclic amines) is 1. The predicted octanol–water partition coefficient (Wildman–Crippen LogP) is 5.91. The van der Waals surface area contributed by atoms with Gasteiger partial charge in [-0.25, -0.2) is 4.79 Å². The molecule has 1 saturated heterocycles. The van der Waals surface area contributed by atoms with E-state index in [9.17, 15) is 4.79 Å². The quantitative estimate of drug-likeness (QED) is 0.553. The molecule has 1 amide bonds. The lowest BCUT2D eigenvalue weighted by Crippen LogP contribution is -2.39. The minimum absolute atomic E-state index is 0.288. The topological polar surface area (TPSA) is 53.3 Å². The van der Waals surface area contributed by atoms with Gasteiger partial charge in [0.2, 0.25) is 0 Å². The summed E-state index contributed by atoms with van der Waals surface area (Å²) in [5.41, 5.74) is 5.29. The van der Waals surface area contributed by atoms with Gasteiger partial charge in [0, 0.05) is 13.1 Å². The largest absolute Gasteiger partial charge is 0.415 e. The highest BCUT2D eigenvalue weighted by atomic mass is 16.6. The molecule has 0 atom stereocenters. The molecule has 1 aliphatic rings. The van der Waals surface area contributed by atoms with Crippen molar-refractivity contribution in [3.8, 4) is 22.9 Å². The first kappa shape index (κ1) is 19.7. The van der Waals surface area contributed by atoms with E-state index in [-0.39, 0.29) is 6.09 Å². The summed E-state index contributed by atoms with van der Waals surface area (Å²) in [6, 6.07) is 25.7. The summed E-state index contributed by atoms with van der Waals surface area (Å²) in [5.74, 6) is 1.04. The SMILES string of the molecule is Cc1ccc(C2CCN(C(=O)Oc3ccc(-c4ccc(C#N)cc4)cc3)CC2)cc1. The van der Waals surface area contributed by atoms with Crippen molar-refractivity contribution in [3.05, 3.63) is 89.5 Å². The predicted molar refractivity (Wildman–Crippen MR) is 117 cm³/mol. The molecule has 30 heavy (non-hydrogen) atoms. The van der Waals surface area contributed by atoms with Crippen molar-refractivity contribution in [3.63, 3.8) is 0 Å². The Bertz CT molecular complexity index is 1040. The maximum atomic E-state index is 12.6. The summed E-state index contributed by atoms with van der Waals surface area (Å²) < 4.78 is 5.58. The van der Waals surface area contributed by atoms with Crippen LogP contribution in [-0.2, 0) is 0 Å². The van der Waals surface area contributed by atoms with Gasteiger partial charge >= 0.3 is 6.09 Å². The van der Waals surface area contributed by atoms with E-state index in [1.54, 1.807) is 17.0 Å². The summed E-state index contributed by atoms with van der Waals surface area (Å²) in [6.07, 6.45) is 1.62. The van der Waals surface area contributed by atoms with Crippen LogP contribution in [0.2, 0.25) is 0 Å². The number of nitriles is 1. The average Bonchev–Trinajstić information content (AvgIpc) is 2.80. The van der Waals surface area contributed by atoms with Crippen LogP contribution in [0.3, 0.4) is 0 Å². The fourth-order valence-corrected chi connectivity index (χ4v) is 3.85. The highest BCUT2D eigenvalue weighted by Crippen LogP contribution is 2.29. The number of hydrogen-bond acceptors (Lipinski definition) is 3. The van der Waals surface area contributed by atoms with Crippen molar-refractivity contribution >= 4 is 6.09 Å². The molecule has 0 aliphatic carbocycles. The van der Waals surface area contributed by atoms with Gasteiger partial charge < -0.3 is 9.64 Å². The first-order valence-corrected chi connectivity index (χ1v) is 10.3. The van der Waals surface area contributed by atoms with E-state index >= 15 is 0 Å². The molecule has 0 unspecified atom stereocenters. The van der Waals surface area contributed by atoms with Gasteiger partial charge in [0.05, 0.1) is 11.6 Å². The third-order valence-electron chi connectivity index (χ3n) is 5.71. The molecular formula is C26H24N2O2. The number of piperidine rings is 1. The molecule has 150 valence electrons. The lowest BCUT2D eigenvalue weighted by molar-refractivity contribution is 0.138. The Hall–Kier alpha value is -3.58. The summed E-state index contributed by atoms with van der Waals surface area (Å²) in [4.78, 5) is 14.3. The summed E-state index contributed by atoms with van der Waals surface area (Å²) in [5, 5.41) is 8.91. The van der Waals surface area contributed by atoms with Crippen molar-refractivity contribution in [2.24, 2.45) is 0 Å². The molecule has 3 aromatic rings. The van der Waals surface area contributed by atoms with Gasteiger partial charge in [0.15, 0.2) is 0 Å². The number of carbonyl (C=O) groups is 1. The van der Waals surface area contributed by atoms with Crippen molar-refractivity contribution in [1.82, 2.24) is 4.90 Å². The molecule has 1 aliphatic heterocycles. The molecule has 0 spiro atoms. The molecule has 0 bridgehead atoms. The fourth-order valence-electron chi connectivity index (χ4n) is 3.85. The van der Waals surface area contributed by atoms with Gasteiger partial charge in [-0.1, -0.05) is 54.1 Å². The molecule has 4 heteroatoms. The fraction of sp³-hybridized carbons (Fsp3) is 0.231. The summed E-state index contributed by atoms with van der Waals surface area (Å²) >= 11 is 0. The second kappa shape index (κ2) is 8.84. The van der Waals surface area contributed by atoms with E-state index in [1.165, 1.54) is 11.1 Å². The Morgan fingerprint density at radius 2 is 1.47 bits per heavy atom. The minimum Gasteiger partial charge on any atom is -0.410 e. The zero-order valence-corrected chi connectivity index (χ0v) is 17.0. The van der Waals surface area contributed by atoms with Crippen molar-refractivity contribution in [2.45, 2.75) is 25.7 Å². The number of carbonyl (C=O) groups excluding carboxylic acids is 1. The van der Waals surface area contributed by atoms with Gasteiger partial charge in [0.25, 0.3) is 0 Å². The van der Waals surface area contributed by atoms with Gasteiger partial charge in [-0.05, 0) is 66.6 Å². The van der Waals surface area contributed by atoms with Crippen LogP contribution in [0.4, 0.5) is 4.79 Å². The van der Waals surface area contributed by atoms with Crippen molar-refractivity contribution < 1.29 is 9.53 Å². The van der Waals surface area contributed by atoms with E-state index in [1.807, 2.05) is 36.4 Å². The molecule has 4 rings (SSSR count). The Labute approximate surface area is 177 Å². The Kier molecular flexibility index (Phi) is 5.81. The van der Waals surface area contributed by atoms with E-state index in [4.69, 9.17) is 10.00 Å². The summed E-state index contributed by atoms with van der Waals surface area (Å²) in [7, 11) is 0. The average molecular weight is 396 g/mol. The Balaban J connectivity index is 1.33. The lowest BCUT2D eigenvalue weighted by atomic mass is 9.89. The molecule has 0 saturated carbocycles. The zero-order valence-electron chi connectivity index (χ0n) is 17.0. The first-order valence-electron chi connectivity index (χ1n) is 10.3. The van der Waals surface area contributed by atoms with Crippen molar-refractivity contribution in [2.75, 3.05) is 13.1 Å². The van der Waals surface area contributed by atoms with Crippen LogP contribution in [0.1, 0.15) is 35.4 Å². The van der Waals surface area contributed by atoms with Crippen molar-refractivity contribution in [1.29, 1.82) is 5.26 Å². The Morgan fingerprint density at radius 1 is 0.900 bits per heavy atom. The third kappa shape index (κ3) is 4.52. The van der Waals surface area contributed by atoms with E-state index in [0.717, 1.165) is 24.0 Å². The molecule has 0 radical (unpaired) electrons. The highest BCUT2D eigenvalue weighted by Gasteiger charge is 2.25. The molecule has 1 heterocycles. The number of ether oxygens (including phenoxy) is 1. The third-order valence-corrected chi connectivity index (χ3v) is 5.71. The zero-order chi connectivity index (χ0) is 20.9. The molecule has 1 fully saturated rings. The summed E-state index contributed by atoms with van der Waals surface area (Å²) in [6.45, 7) is 3.51. The maximum Gasteiger partial charge on any atom is 0.415 e. The number of aryl methyl sites for hydroxylation is 1. The molecular weight excluding hydrogens is 372 g/mol. The van der Waals surface area contributed by atoms with E-state index in [0.29, 0.717) is 30.3 Å². The molecule has 4 nitrogen and oxygen atoms in total. The number of hydrogen-bond donors (Lipinski definition) is 0. The number of amides is 1. The molecule has 0 aromatic heterocycles. The monoisotopic (exact) mass is 396 g/mol. The standard InChI is InChI=1S/C26H24N2O2/c1-19-2-6-21(7-3-19)24-14-16-28(17-15-24)26(29)30-25-12-10-23(11-13-25)22-8-4-20(18-27)5-9-22/h2-13,24H,14-17H2,1H3. The second-order valence-corrected chi connectivity index (χ2v) is 7.75. The van der Waals surface area contributed by atoms with Crippen LogP contribution in [0.15, 0.2) is 72.8 Å². The number of benzene rings is 3. The van der Waals surface area contributed by atoms with Gasteiger partial charge in [-0.15, -0.1) is 0 Å². The normalized spacial score (nSPS) is 14.2. The maximum absolute atomic E-state index is 12.6. The van der Waals surface area contributed by atoms with Crippen LogP contribution >= 0.6 is 0 Å². The van der Waals surface area contributed by atoms with Gasteiger partial charge in [-0.2, -0.15) is 5.26 Å². The first-order chi connectivity index (χ1) is 14.6. The Morgan fingerprint density at radius 3 is 2.03 bits per heavy atom. The smallest absolute Gasteiger partial charge is 0.410 e. The van der Waals surface area contributed by atoms with Gasteiger partial charge in [-0.3, -0.25) is 0 Å². The highest BCUT2D eigenvalue weighted by molar-refractivity contribution is 5.72. The van der Waals surface area contributed by atoms with Crippen LogP contribution in [0.5, 0.6) is 5.75 Å². The number of nitrogens with zero attached hydrogens (tertiary/aromatic N) is 2. The van der Waals surface area contributed by atoms with Crippen LogP contribution in [0.25, 0.3) is 11.1 Å². The molecule has 3 aromatic carbocycles. The van der Waals surface area contributed by atoms with Gasteiger partial charge in [0.1, 0.15) is 5.75 Å². The second-order valence-electron chi connectivity index (χ2n) is 7.75. The van der Waals surface area contributed by atoms with Crippen LogP contribution in [0, 0.1) is 18.3 Å². The lowest BCUT2D eigenvalue weighted by Gasteiger charge is -2.31.